The largest absolute Gasteiger partial charge is 0.467 e. The average Bonchev–Trinajstić information content (AvgIpc) is 3.26. The second-order valence-corrected chi connectivity index (χ2v) is 7.40. The molecule has 3 rings (SSSR count). The van der Waals surface area contributed by atoms with Crippen LogP contribution in [0.4, 0.5) is 5.69 Å². The summed E-state index contributed by atoms with van der Waals surface area (Å²) in [6.45, 7) is 4.46. The fourth-order valence-corrected chi connectivity index (χ4v) is 3.02. The van der Waals surface area contributed by atoms with Crippen LogP contribution >= 0.6 is 12.2 Å². The van der Waals surface area contributed by atoms with Gasteiger partial charge in [0.15, 0.2) is 5.11 Å². The molecule has 1 aromatic heterocycles. The van der Waals surface area contributed by atoms with E-state index in [2.05, 4.69) is 29.8 Å². The van der Waals surface area contributed by atoms with Crippen molar-refractivity contribution < 1.29 is 14.0 Å². The van der Waals surface area contributed by atoms with Crippen LogP contribution in [0.2, 0.25) is 0 Å². The van der Waals surface area contributed by atoms with Gasteiger partial charge in [-0.25, -0.2) is 0 Å². The highest BCUT2D eigenvalue weighted by molar-refractivity contribution is 7.80. The number of benzene rings is 2. The summed E-state index contributed by atoms with van der Waals surface area (Å²) in [5.74, 6) is 0.441. The molecule has 0 atom stereocenters. The summed E-state index contributed by atoms with van der Waals surface area (Å²) < 4.78 is 5.22. The number of para-hydroxylation sites is 1. The van der Waals surface area contributed by atoms with Crippen LogP contribution in [0.15, 0.2) is 71.3 Å². The van der Waals surface area contributed by atoms with Crippen LogP contribution in [0.5, 0.6) is 0 Å². The van der Waals surface area contributed by atoms with Gasteiger partial charge in [-0.3, -0.25) is 14.9 Å². The van der Waals surface area contributed by atoms with Gasteiger partial charge in [0.1, 0.15) is 5.76 Å². The second-order valence-electron chi connectivity index (χ2n) is 6.99. The molecule has 0 bridgehead atoms. The van der Waals surface area contributed by atoms with Crippen molar-refractivity contribution in [2.24, 2.45) is 0 Å². The number of carbonyl (C=O) groups is 2. The van der Waals surface area contributed by atoms with E-state index in [0.29, 0.717) is 28.5 Å². The first kappa shape index (κ1) is 21.3. The number of anilines is 1. The average molecular weight is 422 g/mol. The summed E-state index contributed by atoms with van der Waals surface area (Å²) in [5.41, 5.74) is 2.56. The van der Waals surface area contributed by atoms with E-state index < -0.39 is 0 Å². The molecule has 0 saturated heterocycles. The molecule has 2 aromatic carbocycles. The van der Waals surface area contributed by atoms with Crippen LogP contribution < -0.4 is 16.0 Å². The maximum atomic E-state index is 12.5. The number of amides is 2. The molecule has 30 heavy (non-hydrogen) atoms. The number of nitrogens with one attached hydrogen (secondary N) is 3. The zero-order valence-corrected chi connectivity index (χ0v) is 17.6. The van der Waals surface area contributed by atoms with E-state index in [1.165, 1.54) is 0 Å². The Labute approximate surface area is 180 Å². The highest BCUT2D eigenvalue weighted by Crippen LogP contribution is 2.16. The molecule has 0 unspecified atom stereocenters. The van der Waals surface area contributed by atoms with Crippen LogP contribution in [0.3, 0.4) is 0 Å². The zero-order chi connectivity index (χ0) is 21.5. The first-order valence-corrected chi connectivity index (χ1v) is 9.96. The third-order valence-corrected chi connectivity index (χ3v) is 4.69. The second kappa shape index (κ2) is 9.84. The molecule has 7 heteroatoms. The smallest absolute Gasteiger partial charge is 0.257 e. The van der Waals surface area contributed by atoms with Crippen LogP contribution in [-0.2, 0) is 6.54 Å². The van der Waals surface area contributed by atoms with E-state index in [9.17, 15) is 9.59 Å². The Bertz CT molecular complexity index is 1030. The van der Waals surface area contributed by atoms with Gasteiger partial charge in [-0.2, -0.15) is 0 Å². The van der Waals surface area contributed by atoms with E-state index >= 15 is 0 Å². The van der Waals surface area contributed by atoms with Crippen molar-refractivity contribution >= 4 is 34.8 Å². The molecule has 0 saturated carbocycles. The summed E-state index contributed by atoms with van der Waals surface area (Å²) in [6, 6.07) is 17.9. The summed E-state index contributed by atoms with van der Waals surface area (Å²) >= 11 is 5.27. The third-order valence-electron chi connectivity index (χ3n) is 4.49. The Morgan fingerprint density at radius 3 is 2.37 bits per heavy atom. The molecule has 0 spiro atoms. The molecule has 0 fully saturated rings. The standard InChI is InChI=1S/C23H23N3O3S/c1-15(2)16-9-11-17(12-10-16)21(27)26-23(30)25-20-8-4-3-7-19(20)22(28)24-14-18-6-5-13-29-18/h3-13,15H,14H2,1-2H3,(H,24,28)(H2,25,26,27,30). The molecule has 1 heterocycles. The summed E-state index contributed by atoms with van der Waals surface area (Å²) in [4.78, 5) is 25.0. The maximum Gasteiger partial charge on any atom is 0.257 e. The van der Waals surface area contributed by atoms with Gasteiger partial charge in [0, 0.05) is 5.56 Å². The molecule has 0 radical (unpaired) electrons. The lowest BCUT2D eigenvalue weighted by Crippen LogP contribution is -2.35. The Kier molecular flexibility index (Phi) is 6.98. The fraction of sp³-hybridized carbons (Fsp3) is 0.174. The van der Waals surface area contributed by atoms with E-state index in [4.69, 9.17) is 16.6 Å². The molecule has 6 nitrogen and oxygen atoms in total. The van der Waals surface area contributed by atoms with Gasteiger partial charge < -0.3 is 15.1 Å². The van der Waals surface area contributed by atoms with Crippen LogP contribution in [0, 0.1) is 0 Å². The van der Waals surface area contributed by atoms with E-state index in [1.54, 1.807) is 54.8 Å². The van der Waals surface area contributed by atoms with Crippen molar-refractivity contribution in [3.63, 3.8) is 0 Å². The first-order valence-electron chi connectivity index (χ1n) is 9.56. The third kappa shape index (κ3) is 5.55. The topological polar surface area (TPSA) is 83.4 Å². The van der Waals surface area contributed by atoms with Crippen molar-refractivity contribution in [2.45, 2.75) is 26.3 Å². The summed E-state index contributed by atoms with van der Waals surface area (Å²) in [7, 11) is 0. The number of hydrogen-bond acceptors (Lipinski definition) is 4. The summed E-state index contributed by atoms with van der Waals surface area (Å²) in [5, 5.41) is 8.48. The highest BCUT2D eigenvalue weighted by Gasteiger charge is 2.14. The lowest BCUT2D eigenvalue weighted by molar-refractivity contribution is 0.0947. The predicted octanol–water partition coefficient (Wildman–Crippen LogP) is 4.46. The Hall–Kier alpha value is -3.45. The predicted molar refractivity (Wildman–Crippen MR) is 121 cm³/mol. The van der Waals surface area contributed by atoms with Crippen LogP contribution in [0.25, 0.3) is 0 Å². The van der Waals surface area contributed by atoms with Crippen molar-refractivity contribution in [3.8, 4) is 0 Å². The summed E-state index contributed by atoms with van der Waals surface area (Å²) in [6.07, 6.45) is 1.55. The number of rotatable bonds is 6. The van der Waals surface area contributed by atoms with E-state index in [1.807, 2.05) is 12.1 Å². The lowest BCUT2D eigenvalue weighted by Gasteiger charge is -2.13. The Balaban J connectivity index is 1.62. The maximum absolute atomic E-state index is 12.5. The van der Waals surface area contributed by atoms with Gasteiger partial charge in [0.25, 0.3) is 11.8 Å². The molecule has 154 valence electrons. The van der Waals surface area contributed by atoms with Gasteiger partial charge in [0.2, 0.25) is 0 Å². The van der Waals surface area contributed by atoms with E-state index in [-0.39, 0.29) is 23.5 Å². The normalized spacial score (nSPS) is 10.5. The highest BCUT2D eigenvalue weighted by atomic mass is 32.1. The minimum atomic E-state index is -0.317. The van der Waals surface area contributed by atoms with E-state index in [0.717, 1.165) is 5.56 Å². The molecule has 3 N–H and O–H groups in total. The zero-order valence-electron chi connectivity index (χ0n) is 16.8. The lowest BCUT2D eigenvalue weighted by atomic mass is 10.0. The Morgan fingerprint density at radius 1 is 0.967 bits per heavy atom. The molecule has 3 aromatic rings. The van der Waals surface area contributed by atoms with Crippen molar-refractivity contribution in [1.29, 1.82) is 0 Å². The van der Waals surface area contributed by atoms with Gasteiger partial charge >= 0.3 is 0 Å². The molecule has 0 aliphatic carbocycles. The number of thiocarbonyl (C=S) groups is 1. The molecule has 0 aliphatic rings. The SMILES string of the molecule is CC(C)c1ccc(C(=O)NC(=S)Nc2ccccc2C(=O)NCc2ccco2)cc1. The monoisotopic (exact) mass is 421 g/mol. The van der Waals surface area contributed by atoms with Crippen LogP contribution in [-0.4, -0.2) is 16.9 Å². The fourth-order valence-electron chi connectivity index (χ4n) is 2.81. The van der Waals surface area contributed by atoms with Crippen molar-refractivity contribution in [1.82, 2.24) is 10.6 Å². The van der Waals surface area contributed by atoms with Gasteiger partial charge in [0.05, 0.1) is 24.1 Å². The number of carbonyl (C=O) groups excluding carboxylic acids is 2. The Morgan fingerprint density at radius 2 is 1.70 bits per heavy atom. The van der Waals surface area contributed by atoms with Gasteiger partial charge in [-0.15, -0.1) is 0 Å². The minimum Gasteiger partial charge on any atom is -0.467 e. The molecule has 2 amide bonds. The molecule has 0 aliphatic heterocycles. The number of furan rings is 1. The van der Waals surface area contributed by atoms with Gasteiger partial charge in [-0.1, -0.05) is 38.1 Å². The van der Waals surface area contributed by atoms with Crippen molar-refractivity contribution in [2.75, 3.05) is 5.32 Å². The number of hydrogen-bond donors (Lipinski definition) is 3. The molecular formula is C23H23N3O3S. The molecular weight excluding hydrogens is 398 g/mol. The van der Waals surface area contributed by atoms with Crippen LogP contribution in [0.1, 0.15) is 51.8 Å². The first-order chi connectivity index (χ1) is 14.4. The van der Waals surface area contributed by atoms with Gasteiger partial charge in [-0.05, 0) is 60.1 Å². The minimum absolute atomic E-state index is 0.110. The quantitative estimate of drug-likeness (QED) is 0.512. The van der Waals surface area contributed by atoms with Crippen molar-refractivity contribution in [3.05, 3.63) is 89.4 Å².